The predicted molar refractivity (Wildman–Crippen MR) is 79.3 cm³/mol. The van der Waals surface area contributed by atoms with E-state index in [-0.39, 0.29) is 0 Å². The summed E-state index contributed by atoms with van der Waals surface area (Å²) in [4.78, 5) is 11.5. The smallest absolute Gasteiger partial charge is 0.147 e. The Kier molecular flexibility index (Phi) is 5.58. The first kappa shape index (κ1) is 14.3. The van der Waals surface area contributed by atoms with E-state index in [9.17, 15) is 0 Å². The molecule has 0 aliphatic carbocycles. The van der Waals surface area contributed by atoms with Crippen LogP contribution in [0.15, 0.2) is 12.4 Å². The Bertz CT molecular complexity index is 380. The highest BCUT2D eigenvalue weighted by atomic mass is 15.2. The molecule has 0 spiro atoms. The van der Waals surface area contributed by atoms with Crippen molar-refractivity contribution in [2.24, 2.45) is 0 Å². The molecule has 1 aromatic rings. The van der Waals surface area contributed by atoms with E-state index in [1.54, 1.807) is 0 Å². The molecule has 1 atom stereocenters. The van der Waals surface area contributed by atoms with E-state index in [4.69, 9.17) is 4.98 Å². The Morgan fingerprint density at radius 1 is 1.32 bits per heavy atom. The summed E-state index contributed by atoms with van der Waals surface area (Å²) in [5.41, 5.74) is 1.04. The number of nitrogens with one attached hydrogen (secondary N) is 1. The average molecular weight is 262 g/mol. The molecule has 4 nitrogen and oxygen atoms in total. The summed E-state index contributed by atoms with van der Waals surface area (Å²) in [5, 5.41) is 3.38. The van der Waals surface area contributed by atoms with Crippen LogP contribution in [0.1, 0.15) is 51.6 Å². The van der Waals surface area contributed by atoms with Gasteiger partial charge in [0, 0.05) is 25.3 Å². The maximum absolute atomic E-state index is 4.76. The molecule has 106 valence electrons. The second-order valence-corrected chi connectivity index (χ2v) is 5.44. The van der Waals surface area contributed by atoms with Crippen molar-refractivity contribution in [3.05, 3.63) is 18.1 Å². The highest BCUT2D eigenvalue weighted by Gasteiger charge is 2.18. The van der Waals surface area contributed by atoms with E-state index < -0.39 is 0 Å². The molecular formula is C15H26N4. The van der Waals surface area contributed by atoms with Crippen molar-refractivity contribution in [2.75, 3.05) is 18.0 Å². The van der Waals surface area contributed by atoms with Crippen LogP contribution in [0.25, 0.3) is 0 Å². The number of hydrogen-bond donors (Lipinski definition) is 1. The van der Waals surface area contributed by atoms with E-state index in [1.807, 2.05) is 12.4 Å². The van der Waals surface area contributed by atoms with E-state index in [2.05, 4.69) is 29.0 Å². The van der Waals surface area contributed by atoms with Crippen LogP contribution in [0.5, 0.6) is 0 Å². The quantitative estimate of drug-likeness (QED) is 0.828. The van der Waals surface area contributed by atoms with Crippen molar-refractivity contribution >= 4 is 5.82 Å². The van der Waals surface area contributed by atoms with Gasteiger partial charge in [-0.05, 0) is 32.7 Å². The maximum atomic E-state index is 4.76. The van der Waals surface area contributed by atoms with Crippen LogP contribution < -0.4 is 10.2 Å². The average Bonchev–Trinajstić information content (AvgIpc) is 2.64. The van der Waals surface area contributed by atoms with Crippen LogP contribution in [0.2, 0.25) is 0 Å². The van der Waals surface area contributed by atoms with Crippen LogP contribution in [0.4, 0.5) is 5.82 Å². The van der Waals surface area contributed by atoms with Gasteiger partial charge in [-0.2, -0.15) is 0 Å². The first-order valence-corrected chi connectivity index (χ1v) is 7.59. The van der Waals surface area contributed by atoms with Crippen molar-refractivity contribution in [2.45, 2.75) is 58.5 Å². The third kappa shape index (κ3) is 4.16. The molecule has 1 saturated heterocycles. The summed E-state index contributed by atoms with van der Waals surface area (Å²) >= 11 is 0. The molecule has 1 fully saturated rings. The lowest BCUT2D eigenvalue weighted by Gasteiger charge is -2.28. The molecule has 19 heavy (non-hydrogen) atoms. The van der Waals surface area contributed by atoms with Crippen molar-refractivity contribution in [1.82, 2.24) is 15.3 Å². The van der Waals surface area contributed by atoms with Crippen molar-refractivity contribution in [3.8, 4) is 0 Å². The fourth-order valence-corrected chi connectivity index (χ4v) is 2.63. The van der Waals surface area contributed by atoms with Gasteiger partial charge in [0.15, 0.2) is 0 Å². The highest BCUT2D eigenvalue weighted by Crippen LogP contribution is 2.21. The predicted octanol–water partition coefficient (Wildman–Crippen LogP) is 2.75. The molecule has 1 unspecified atom stereocenters. The van der Waals surface area contributed by atoms with Crippen LogP contribution in [-0.2, 0) is 6.54 Å². The first-order chi connectivity index (χ1) is 9.31. The Hall–Kier alpha value is -1.16. The van der Waals surface area contributed by atoms with Gasteiger partial charge in [0.05, 0.1) is 11.9 Å². The second-order valence-electron chi connectivity index (χ2n) is 5.44. The highest BCUT2D eigenvalue weighted by molar-refractivity contribution is 5.37. The van der Waals surface area contributed by atoms with Gasteiger partial charge in [-0.25, -0.2) is 4.98 Å². The Balaban J connectivity index is 2.03. The van der Waals surface area contributed by atoms with Gasteiger partial charge in [-0.15, -0.1) is 0 Å². The molecule has 4 heteroatoms. The van der Waals surface area contributed by atoms with Gasteiger partial charge in [0.1, 0.15) is 5.82 Å². The van der Waals surface area contributed by atoms with Gasteiger partial charge in [0.25, 0.3) is 0 Å². The van der Waals surface area contributed by atoms with E-state index in [0.717, 1.165) is 37.6 Å². The molecule has 2 heterocycles. The van der Waals surface area contributed by atoms with E-state index in [1.165, 1.54) is 25.7 Å². The standard InChI is InChI=1S/C15H26N4/c1-3-8-16-10-14-11-17-12-15(18-14)19-9-6-4-5-7-13(19)2/h11-13,16H,3-10H2,1-2H3. The number of hydrogen-bond acceptors (Lipinski definition) is 4. The zero-order chi connectivity index (χ0) is 13.5. The molecule has 0 amide bonds. The lowest BCUT2D eigenvalue weighted by atomic mass is 10.1. The Labute approximate surface area is 116 Å². The first-order valence-electron chi connectivity index (χ1n) is 7.59. The zero-order valence-corrected chi connectivity index (χ0v) is 12.2. The molecule has 0 aromatic carbocycles. The van der Waals surface area contributed by atoms with Crippen LogP contribution >= 0.6 is 0 Å². The molecule has 1 N–H and O–H groups in total. The molecule has 1 aliphatic heterocycles. The fraction of sp³-hybridized carbons (Fsp3) is 0.733. The topological polar surface area (TPSA) is 41.1 Å². The summed E-state index contributed by atoms with van der Waals surface area (Å²) in [7, 11) is 0. The van der Waals surface area contributed by atoms with Crippen molar-refractivity contribution in [1.29, 1.82) is 0 Å². The summed E-state index contributed by atoms with van der Waals surface area (Å²) in [6.45, 7) is 7.44. The number of rotatable bonds is 5. The monoisotopic (exact) mass is 262 g/mol. The number of nitrogens with zero attached hydrogens (tertiary/aromatic N) is 3. The van der Waals surface area contributed by atoms with E-state index in [0.29, 0.717) is 6.04 Å². The SMILES string of the molecule is CCCNCc1cncc(N2CCCCCC2C)n1. The zero-order valence-electron chi connectivity index (χ0n) is 12.2. The Morgan fingerprint density at radius 2 is 2.21 bits per heavy atom. The van der Waals surface area contributed by atoms with Gasteiger partial charge < -0.3 is 10.2 Å². The lowest BCUT2D eigenvalue weighted by molar-refractivity contribution is 0.606. The minimum Gasteiger partial charge on any atom is -0.353 e. The van der Waals surface area contributed by atoms with Crippen LogP contribution in [-0.4, -0.2) is 29.1 Å². The lowest BCUT2D eigenvalue weighted by Crippen LogP contribution is -2.33. The second kappa shape index (κ2) is 7.43. The molecule has 1 aromatic heterocycles. The molecule has 2 rings (SSSR count). The third-order valence-electron chi connectivity index (χ3n) is 3.75. The number of aromatic nitrogens is 2. The molecule has 0 bridgehead atoms. The van der Waals surface area contributed by atoms with Gasteiger partial charge in [-0.1, -0.05) is 19.8 Å². The van der Waals surface area contributed by atoms with Crippen molar-refractivity contribution in [3.63, 3.8) is 0 Å². The van der Waals surface area contributed by atoms with Crippen LogP contribution in [0.3, 0.4) is 0 Å². The van der Waals surface area contributed by atoms with Gasteiger partial charge in [-0.3, -0.25) is 4.98 Å². The minimum absolute atomic E-state index is 0.579. The van der Waals surface area contributed by atoms with E-state index >= 15 is 0 Å². The van der Waals surface area contributed by atoms with Crippen LogP contribution in [0, 0.1) is 0 Å². The molecular weight excluding hydrogens is 236 g/mol. The van der Waals surface area contributed by atoms with Gasteiger partial charge in [0.2, 0.25) is 0 Å². The summed E-state index contributed by atoms with van der Waals surface area (Å²) in [5.74, 6) is 1.05. The summed E-state index contributed by atoms with van der Waals surface area (Å²) in [6, 6.07) is 0.579. The molecule has 1 aliphatic rings. The Morgan fingerprint density at radius 3 is 3.05 bits per heavy atom. The van der Waals surface area contributed by atoms with Crippen molar-refractivity contribution < 1.29 is 0 Å². The maximum Gasteiger partial charge on any atom is 0.147 e. The normalized spacial score (nSPS) is 20.3. The minimum atomic E-state index is 0.579. The van der Waals surface area contributed by atoms with Gasteiger partial charge >= 0.3 is 0 Å². The number of anilines is 1. The fourth-order valence-electron chi connectivity index (χ4n) is 2.63. The third-order valence-corrected chi connectivity index (χ3v) is 3.75. The summed E-state index contributed by atoms with van der Waals surface area (Å²) < 4.78 is 0. The summed E-state index contributed by atoms with van der Waals surface area (Å²) in [6.07, 6.45) is 10.1. The molecule has 0 saturated carbocycles. The largest absolute Gasteiger partial charge is 0.353 e. The molecule has 0 radical (unpaired) electrons.